The molecule has 4 nitrogen and oxygen atoms in total. The van der Waals surface area contributed by atoms with Crippen LogP contribution in [0.25, 0.3) is 0 Å². The zero-order chi connectivity index (χ0) is 17.5. The van der Waals surface area contributed by atoms with Gasteiger partial charge in [0.15, 0.2) is 0 Å². The van der Waals surface area contributed by atoms with Crippen molar-refractivity contribution in [1.82, 2.24) is 4.98 Å². The molecule has 0 atom stereocenters. The molecule has 0 aliphatic carbocycles. The maximum Gasteiger partial charge on any atom is 0.345 e. The molecule has 0 saturated heterocycles. The third-order valence-corrected chi connectivity index (χ3v) is 4.76. The van der Waals surface area contributed by atoms with Crippen LogP contribution in [-0.4, -0.2) is 16.6 Å². The topological polar surface area (TPSA) is 48.4 Å². The predicted molar refractivity (Wildman–Crippen MR) is 92.9 cm³/mol. The Hall–Kier alpha value is -2.36. The molecule has 2 aromatic rings. The Bertz CT molecular complexity index is 795. The molecule has 1 aliphatic heterocycles. The molecular formula is C20H23NO3. The number of hydrogen-bond acceptors (Lipinski definition) is 4. The van der Waals surface area contributed by atoms with Crippen molar-refractivity contribution in [2.24, 2.45) is 0 Å². The second-order valence-electron chi connectivity index (χ2n) is 7.00. The Labute approximate surface area is 142 Å². The number of hydrogen-bond donors (Lipinski definition) is 0. The Morgan fingerprint density at radius 2 is 1.96 bits per heavy atom. The molecule has 126 valence electrons. The molecule has 24 heavy (non-hydrogen) atoms. The molecule has 3 rings (SSSR count). The first-order valence-corrected chi connectivity index (χ1v) is 8.24. The zero-order valence-corrected chi connectivity index (χ0v) is 14.9. The van der Waals surface area contributed by atoms with Crippen LogP contribution in [0.15, 0.2) is 24.5 Å². The van der Waals surface area contributed by atoms with Crippen LogP contribution in [0.2, 0.25) is 0 Å². The van der Waals surface area contributed by atoms with E-state index in [0.717, 1.165) is 40.8 Å². The number of benzene rings is 1. The second-order valence-corrected chi connectivity index (χ2v) is 7.00. The van der Waals surface area contributed by atoms with Crippen LogP contribution < -0.4 is 9.47 Å². The van der Waals surface area contributed by atoms with E-state index < -0.39 is 0 Å². The number of carbonyl (C=O) groups excluding carboxylic acids is 1. The summed E-state index contributed by atoms with van der Waals surface area (Å²) >= 11 is 0. The molecule has 1 aromatic carbocycles. The van der Waals surface area contributed by atoms with Gasteiger partial charge >= 0.3 is 5.97 Å². The van der Waals surface area contributed by atoms with Crippen molar-refractivity contribution in [3.05, 3.63) is 52.3 Å². The number of esters is 1. The lowest BCUT2D eigenvalue weighted by Crippen LogP contribution is -2.33. The Balaban J connectivity index is 2.01. The molecule has 0 N–H and O–H groups in total. The van der Waals surface area contributed by atoms with Gasteiger partial charge in [-0.25, -0.2) is 4.79 Å². The molecular weight excluding hydrogens is 302 g/mol. The Kier molecular flexibility index (Phi) is 4.08. The molecule has 4 heteroatoms. The number of carbonyl (C=O) groups is 1. The highest BCUT2D eigenvalue weighted by Gasteiger charge is 2.31. The quantitative estimate of drug-likeness (QED) is 0.609. The highest BCUT2D eigenvalue weighted by atomic mass is 16.5. The van der Waals surface area contributed by atoms with E-state index in [1.54, 1.807) is 18.3 Å². The summed E-state index contributed by atoms with van der Waals surface area (Å²) in [5.41, 5.74) is 4.40. The minimum absolute atomic E-state index is 0.162. The summed E-state index contributed by atoms with van der Waals surface area (Å²) in [5.74, 6) is 1.21. The normalized spacial score (nSPS) is 15.4. The summed E-state index contributed by atoms with van der Waals surface area (Å²) in [7, 11) is 0. The van der Waals surface area contributed by atoms with Gasteiger partial charge in [-0.15, -0.1) is 0 Å². The first kappa shape index (κ1) is 16.5. The van der Waals surface area contributed by atoms with Crippen molar-refractivity contribution in [2.75, 3.05) is 0 Å². The Morgan fingerprint density at radius 3 is 2.62 bits per heavy atom. The van der Waals surface area contributed by atoms with E-state index in [1.807, 2.05) is 20.8 Å². The van der Waals surface area contributed by atoms with Crippen LogP contribution in [0.4, 0.5) is 0 Å². The maximum absolute atomic E-state index is 12.4. The fraction of sp³-hybridized carbons (Fsp3) is 0.400. The molecule has 2 heterocycles. The minimum Gasteiger partial charge on any atom is -0.487 e. The largest absolute Gasteiger partial charge is 0.487 e. The van der Waals surface area contributed by atoms with Gasteiger partial charge in [0.1, 0.15) is 17.1 Å². The number of rotatable bonds is 2. The molecule has 0 unspecified atom stereocenters. The van der Waals surface area contributed by atoms with Gasteiger partial charge in [0.25, 0.3) is 0 Å². The second kappa shape index (κ2) is 5.93. The van der Waals surface area contributed by atoms with Crippen molar-refractivity contribution in [2.45, 2.75) is 53.1 Å². The van der Waals surface area contributed by atoms with Crippen LogP contribution in [0.1, 0.15) is 52.9 Å². The standard InChI is InChI=1S/C20H23NO3/c1-12-13(2)18-16(8-9-20(4,5)24-18)14(3)17(12)23-19(22)15-7-6-10-21-11-15/h6-7,10-11H,8-9H2,1-5H3. The van der Waals surface area contributed by atoms with Crippen molar-refractivity contribution in [3.63, 3.8) is 0 Å². The van der Waals surface area contributed by atoms with Crippen molar-refractivity contribution in [1.29, 1.82) is 0 Å². The lowest BCUT2D eigenvalue weighted by atomic mass is 9.88. The predicted octanol–water partition coefficient (Wildman–Crippen LogP) is 4.33. The Morgan fingerprint density at radius 1 is 1.21 bits per heavy atom. The molecule has 1 aliphatic rings. The zero-order valence-electron chi connectivity index (χ0n) is 14.9. The average molecular weight is 325 g/mol. The molecule has 0 spiro atoms. The van der Waals surface area contributed by atoms with E-state index in [-0.39, 0.29) is 11.6 Å². The van der Waals surface area contributed by atoms with Gasteiger partial charge in [-0.05, 0) is 76.3 Å². The van der Waals surface area contributed by atoms with E-state index >= 15 is 0 Å². The van der Waals surface area contributed by atoms with Gasteiger partial charge in [-0.2, -0.15) is 0 Å². The van der Waals surface area contributed by atoms with Gasteiger partial charge in [0.2, 0.25) is 0 Å². The van der Waals surface area contributed by atoms with Gasteiger partial charge in [0, 0.05) is 18.0 Å². The monoisotopic (exact) mass is 325 g/mol. The van der Waals surface area contributed by atoms with Crippen LogP contribution in [0, 0.1) is 20.8 Å². The fourth-order valence-corrected chi connectivity index (χ4v) is 3.14. The van der Waals surface area contributed by atoms with Crippen LogP contribution >= 0.6 is 0 Å². The molecule has 1 aromatic heterocycles. The smallest absolute Gasteiger partial charge is 0.345 e. The van der Waals surface area contributed by atoms with Gasteiger partial charge in [-0.3, -0.25) is 4.98 Å². The summed E-state index contributed by atoms with van der Waals surface area (Å²) in [4.78, 5) is 16.4. The number of pyridine rings is 1. The highest BCUT2D eigenvalue weighted by Crippen LogP contribution is 2.43. The number of ether oxygens (including phenoxy) is 2. The first-order valence-electron chi connectivity index (χ1n) is 8.24. The van der Waals surface area contributed by atoms with E-state index in [1.165, 1.54) is 6.20 Å². The van der Waals surface area contributed by atoms with Crippen molar-refractivity contribution in [3.8, 4) is 11.5 Å². The van der Waals surface area contributed by atoms with Gasteiger partial charge in [-0.1, -0.05) is 0 Å². The summed E-state index contributed by atoms with van der Waals surface area (Å²) in [6.07, 6.45) is 5.02. The van der Waals surface area contributed by atoms with E-state index in [9.17, 15) is 4.79 Å². The fourth-order valence-electron chi connectivity index (χ4n) is 3.14. The summed E-state index contributed by atoms with van der Waals surface area (Å²) in [5, 5.41) is 0. The van der Waals surface area contributed by atoms with Gasteiger partial charge < -0.3 is 9.47 Å². The van der Waals surface area contributed by atoms with E-state index in [0.29, 0.717) is 11.3 Å². The SMILES string of the molecule is Cc1c(C)c2c(c(C)c1OC(=O)c1cccnc1)CCC(C)(C)O2. The maximum atomic E-state index is 12.4. The third-order valence-electron chi connectivity index (χ3n) is 4.76. The highest BCUT2D eigenvalue weighted by molar-refractivity contribution is 5.91. The summed E-state index contributed by atoms with van der Waals surface area (Å²) in [6, 6.07) is 3.43. The summed E-state index contributed by atoms with van der Waals surface area (Å²) in [6.45, 7) is 10.2. The molecule has 0 saturated carbocycles. The van der Waals surface area contributed by atoms with Crippen LogP contribution in [0.3, 0.4) is 0 Å². The first-order chi connectivity index (χ1) is 11.3. The molecule has 0 fully saturated rings. The molecule has 0 radical (unpaired) electrons. The number of nitrogens with zero attached hydrogens (tertiary/aromatic N) is 1. The van der Waals surface area contributed by atoms with Crippen LogP contribution in [-0.2, 0) is 6.42 Å². The van der Waals surface area contributed by atoms with Gasteiger partial charge in [0.05, 0.1) is 5.56 Å². The molecule has 0 bridgehead atoms. The summed E-state index contributed by atoms with van der Waals surface area (Å²) < 4.78 is 11.9. The number of fused-ring (bicyclic) bond motifs is 1. The molecule has 0 amide bonds. The van der Waals surface area contributed by atoms with Crippen molar-refractivity contribution < 1.29 is 14.3 Å². The lowest BCUT2D eigenvalue weighted by molar-refractivity contribution is 0.0722. The van der Waals surface area contributed by atoms with E-state index in [2.05, 4.69) is 18.8 Å². The van der Waals surface area contributed by atoms with Crippen LogP contribution in [0.5, 0.6) is 11.5 Å². The van der Waals surface area contributed by atoms with Crippen molar-refractivity contribution >= 4 is 5.97 Å². The average Bonchev–Trinajstić information content (AvgIpc) is 2.56. The minimum atomic E-state index is -0.384. The third kappa shape index (κ3) is 2.88. The lowest BCUT2D eigenvalue weighted by Gasteiger charge is -2.35. The number of aromatic nitrogens is 1. The van der Waals surface area contributed by atoms with E-state index in [4.69, 9.17) is 9.47 Å².